The van der Waals surface area contributed by atoms with Gasteiger partial charge in [0, 0.05) is 11.1 Å². The first-order valence-corrected chi connectivity index (χ1v) is 7.95. The van der Waals surface area contributed by atoms with Crippen LogP contribution in [0.4, 0.5) is 4.39 Å². The van der Waals surface area contributed by atoms with Crippen LogP contribution >= 0.6 is 0 Å². The molecule has 0 radical (unpaired) electrons. The number of ketones is 1. The van der Waals surface area contributed by atoms with Crippen molar-refractivity contribution in [2.45, 2.75) is 38.9 Å². The van der Waals surface area contributed by atoms with Crippen LogP contribution in [0.3, 0.4) is 0 Å². The molecule has 1 heterocycles. The second-order valence-electron chi connectivity index (χ2n) is 7.05. The van der Waals surface area contributed by atoms with Gasteiger partial charge in [0.15, 0.2) is 5.78 Å². The van der Waals surface area contributed by atoms with E-state index in [1.165, 1.54) is 24.3 Å². The number of hydrogen-bond donors (Lipinski definition) is 0. The minimum Gasteiger partial charge on any atom is -0.399 e. The Morgan fingerprint density at radius 1 is 0.833 bits per heavy atom. The zero-order chi connectivity index (χ0) is 17.5. The molecule has 24 heavy (non-hydrogen) atoms. The molecule has 2 aromatic rings. The molecule has 124 valence electrons. The van der Waals surface area contributed by atoms with Crippen LogP contribution in [0.25, 0.3) is 0 Å². The summed E-state index contributed by atoms with van der Waals surface area (Å²) in [7, 11) is -0.454. The normalized spacial score (nSPS) is 18.6. The van der Waals surface area contributed by atoms with E-state index in [2.05, 4.69) is 0 Å². The third kappa shape index (κ3) is 3.02. The Morgan fingerprint density at radius 3 is 1.71 bits per heavy atom. The van der Waals surface area contributed by atoms with Gasteiger partial charge in [0.25, 0.3) is 0 Å². The molecule has 3 nitrogen and oxygen atoms in total. The molecule has 1 fully saturated rings. The van der Waals surface area contributed by atoms with Crippen molar-refractivity contribution in [2.75, 3.05) is 0 Å². The van der Waals surface area contributed by atoms with Gasteiger partial charge in [-0.15, -0.1) is 0 Å². The SMILES string of the molecule is CC1(C)OB(c2ccc(C(=O)c3ccc(F)cc3)cc2)OC1(C)C. The highest BCUT2D eigenvalue weighted by atomic mass is 19.1. The predicted octanol–water partition coefficient (Wildman–Crippen LogP) is 3.36. The summed E-state index contributed by atoms with van der Waals surface area (Å²) < 4.78 is 25.0. The molecule has 1 saturated heterocycles. The van der Waals surface area contributed by atoms with Gasteiger partial charge in [-0.2, -0.15) is 0 Å². The van der Waals surface area contributed by atoms with Crippen LogP contribution in [-0.2, 0) is 9.31 Å². The van der Waals surface area contributed by atoms with E-state index in [-0.39, 0.29) is 11.6 Å². The maximum atomic E-state index is 13.0. The topological polar surface area (TPSA) is 35.5 Å². The number of rotatable bonds is 3. The molecular weight excluding hydrogens is 306 g/mol. The molecule has 0 bridgehead atoms. The first-order chi connectivity index (χ1) is 11.2. The summed E-state index contributed by atoms with van der Waals surface area (Å²) in [6.45, 7) is 8.00. The van der Waals surface area contributed by atoms with Crippen LogP contribution in [0.2, 0.25) is 0 Å². The lowest BCUT2D eigenvalue weighted by atomic mass is 9.78. The molecule has 5 heteroatoms. The molecule has 1 aliphatic rings. The van der Waals surface area contributed by atoms with Gasteiger partial charge < -0.3 is 9.31 Å². The van der Waals surface area contributed by atoms with Crippen LogP contribution in [0.1, 0.15) is 43.6 Å². The molecule has 3 rings (SSSR count). The second kappa shape index (κ2) is 5.83. The summed E-state index contributed by atoms with van der Waals surface area (Å²) in [6.07, 6.45) is 0. The van der Waals surface area contributed by atoms with E-state index in [9.17, 15) is 9.18 Å². The standard InChI is InChI=1S/C19H20BFO3/c1-18(2)19(3,4)24-20(23-18)15-9-5-13(6-10-15)17(22)14-7-11-16(21)12-8-14/h5-12H,1-4H3. The Morgan fingerprint density at radius 2 is 1.25 bits per heavy atom. The lowest BCUT2D eigenvalue weighted by molar-refractivity contribution is 0.00578. The van der Waals surface area contributed by atoms with Gasteiger partial charge >= 0.3 is 7.12 Å². The highest BCUT2D eigenvalue weighted by Crippen LogP contribution is 2.36. The minimum atomic E-state index is -0.454. The summed E-state index contributed by atoms with van der Waals surface area (Å²) in [5.74, 6) is -0.502. The third-order valence-corrected chi connectivity index (χ3v) is 4.80. The summed E-state index contributed by atoms with van der Waals surface area (Å²) in [5.41, 5.74) is 1.06. The molecule has 0 saturated carbocycles. The van der Waals surface area contributed by atoms with Crippen molar-refractivity contribution >= 4 is 18.4 Å². The van der Waals surface area contributed by atoms with Gasteiger partial charge in [0.1, 0.15) is 5.82 Å². The molecule has 0 amide bonds. The average molecular weight is 326 g/mol. The number of benzene rings is 2. The van der Waals surface area contributed by atoms with Crippen molar-refractivity contribution in [1.82, 2.24) is 0 Å². The molecule has 0 aromatic heterocycles. The number of hydrogen-bond acceptors (Lipinski definition) is 3. The van der Waals surface area contributed by atoms with Gasteiger partial charge in [-0.25, -0.2) is 4.39 Å². The van der Waals surface area contributed by atoms with Gasteiger partial charge in [-0.05, 0) is 57.4 Å². The predicted molar refractivity (Wildman–Crippen MR) is 92.0 cm³/mol. The molecule has 0 atom stereocenters. The number of halogens is 1. The van der Waals surface area contributed by atoms with Crippen molar-refractivity contribution in [1.29, 1.82) is 0 Å². The van der Waals surface area contributed by atoms with Crippen molar-refractivity contribution < 1.29 is 18.5 Å². The van der Waals surface area contributed by atoms with Gasteiger partial charge in [-0.1, -0.05) is 24.3 Å². The Hall–Kier alpha value is -1.98. The molecule has 2 aromatic carbocycles. The summed E-state index contributed by atoms with van der Waals surface area (Å²) in [4.78, 5) is 12.4. The first kappa shape index (κ1) is 16.9. The highest BCUT2D eigenvalue weighted by molar-refractivity contribution is 6.62. The fourth-order valence-corrected chi connectivity index (χ4v) is 2.54. The van der Waals surface area contributed by atoms with E-state index < -0.39 is 18.3 Å². The maximum Gasteiger partial charge on any atom is 0.494 e. The Bertz CT molecular complexity index is 735. The molecular formula is C19H20BFO3. The Labute approximate surface area is 141 Å². The summed E-state index contributed by atoms with van der Waals surface area (Å²) in [6, 6.07) is 12.7. The quantitative estimate of drug-likeness (QED) is 0.641. The third-order valence-electron chi connectivity index (χ3n) is 4.80. The maximum absolute atomic E-state index is 13.0. The largest absolute Gasteiger partial charge is 0.494 e. The van der Waals surface area contributed by atoms with E-state index in [1.54, 1.807) is 12.1 Å². The fraction of sp³-hybridized carbons (Fsp3) is 0.316. The van der Waals surface area contributed by atoms with Gasteiger partial charge in [-0.3, -0.25) is 4.79 Å². The van der Waals surface area contributed by atoms with Crippen molar-refractivity contribution in [2.24, 2.45) is 0 Å². The monoisotopic (exact) mass is 326 g/mol. The lowest BCUT2D eigenvalue weighted by Crippen LogP contribution is -2.41. The molecule has 0 unspecified atom stereocenters. The zero-order valence-corrected chi connectivity index (χ0v) is 14.3. The van der Waals surface area contributed by atoms with Gasteiger partial charge in [0.05, 0.1) is 11.2 Å². The molecule has 0 aliphatic carbocycles. The van der Waals surface area contributed by atoms with Crippen LogP contribution < -0.4 is 5.46 Å². The Kier molecular flexibility index (Phi) is 4.10. The van der Waals surface area contributed by atoms with Crippen molar-refractivity contribution in [3.8, 4) is 0 Å². The van der Waals surface area contributed by atoms with E-state index in [4.69, 9.17) is 9.31 Å². The second-order valence-corrected chi connectivity index (χ2v) is 7.05. The Balaban J connectivity index is 1.79. The summed E-state index contributed by atoms with van der Waals surface area (Å²) in [5, 5.41) is 0. The zero-order valence-electron chi connectivity index (χ0n) is 14.3. The van der Waals surface area contributed by atoms with E-state index in [0.717, 1.165) is 5.46 Å². The lowest BCUT2D eigenvalue weighted by Gasteiger charge is -2.32. The van der Waals surface area contributed by atoms with Gasteiger partial charge in [0.2, 0.25) is 0 Å². The van der Waals surface area contributed by atoms with E-state index in [1.807, 2.05) is 39.8 Å². The molecule has 0 spiro atoms. The van der Waals surface area contributed by atoms with E-state index in [0.29, 0.717) is 11.1 Å². The minimum absolute atomic E-state index is 0.143. The highest BCUT2D eigenvalue weighted by Gasteiger charge is 2.51. The van der Waals surface area contributed by atoms with Crippen LogP contribution in [-0.4, -0.2) is 24.1 Å². The smallest absolute Gasteiger partial charge is 0.399 e. The van der Waals surface area contributed by atoms with Crippen molar-refractivity contribution in [3.63, 3.8) is 0 Å². The van der Waals surface area contributed by atoms with Crippen LogP contribution in [0.5, 0.6) is 0 Å². The fourth-order valence-electron chi connectivity index (χ4n) is 2.54. The van der Waals surface area contributed by atoms with E-state index >= 15 is 0 Å². The van der Waals surface area contributed by atoms with Crippen LogP contribution in [0, 0.1) is 5.82 Å². The number of carbonyl (C=O) groups is 1. The number of carbonyl (C=O) groups excluding carboxylic acids is 1. The average Bonchev–Trinajstić information content (AvgIpc) is 2.76. The molecule has 0 N–H and O–H groups in total. The molecule has 1 aliphatic heterocycles. The van der Waals surface area contributed by atoms with Crippen molar-refractivity contribution in [3.05, 3.63) is 65.5 Å². The first-order valence-electron chi connectivity index (χ1n) is 7.95. The van der Waals surface area contributed by atoms with Crippen LogP contribution in [0.15, 0.2) is 48.5 Å². The summed E-state index contributed by atoms with van der Waals surface area (Å²) >= 11 is 0.